The lowest BCUT2D eigenvalue weighted by atomic mass is 9.98. The molecule has 0 saturated heterocycles. The molecule has 0 spiro atoms. The van der Waals surface area contributed by atoms with E-state index in [1.54, 1.807) is 18.2 Å². The number of ether oxygens (including phenoxy) is 1. The number of anilines is 1. The molecule has 1 aliphatic carbocycles. The van der Waals surface area contributed by atoms with Crippen molar-refractivity contribution in [3.8, 4) is 0 Å². The molecule has 0 aliphatic heterocycles. The van der Waals surface area contributed by atoms with Crippen molar-refractivity contribution in [1.29, 1.82) is 0 Å². The lowest BCUT2D eigenvalue weighted by Gasteiger charge is -2.10. The quantitative estimate of drug-likeness (QED) is 0.268. The fraction of sp³-hybridized carbons (Fsp3) is 0.370. The third-order valence-corrected chi connectivity index (χ3v) is 4.50. The summed E-state index contributed by atoms with van der Waals surface area (Å²) < 4.78 is 5.40. The van der Waals surface area contributed by atoms with E-state index in [9.17, 15) is 0 Å². The van der Waals surface area contributed by atoms with Crippen molar-refractivity contribution < 1.29 is 4.74 Å². The second kappa shape index (κ2) is 16.4. The van der Waals surface area contributed by atoms with Crippen LogP contribution in [0.25, 0.3) is 0 Å². The smallest absolute Gasteiger partial charge is 0.125 e. The Morgan fingerprint density at radius 1 is 1.10 bits per heavy atom. The molecule has 1 aliphatic rings. The van der Waals surface area contributed by atoms with Gasteiger partial charge in [-0.2, -0.15) is 0 Å². The highest BCUT2D eigenvalue weighted by molar-refractivity contribution is 7.80. The van der Waals surface area contributed by atoms with E-state index >= 15 is 0 Å². The minimum atomic E-state index is 0.580. The van der Waals surface area contributed by atoms with Crippen molar-refractivity contribution in [3.05, 3.63) is 91.0 Å². The van der Waals surface area contributed by atoms with Crippen LogP contribution in [-0.2, 0) is 4.74 Å². The van der Waals surface area contributed by atoms with E-state index < -0.39 is 0 Å². The molecular formula is C27H39NOS. The average Bonchev–Trinajstić information content (AvgIpc) is 3.27. The predicted molar refractivity (Wildman–Crippen MR) is 139 cm³/mol. The highest BCUT2D eigenvalue weighted by Gasteiger charge is 2.16. The van der Waals surface area contributed by atoms with Crippen LogP contribution in [0.2, 0.25) is 0 Å². The zero-order chi connectivity index (χ0) is 22.9. The summed E-state index contributed by atoms with van der Waals surface area (Å²) in [6.07, 6.45) is 12.6. The Bertz CT molecular complexity index is 735. The first kappa shape index (κ1) is 27.6. The molecule has 0 radical (unpaired) electrons. The Hall–Kier alpha value is -2.39. The van der Waals surface area contributed by atoms with Gasteiger partial charge in [-0.1, -0.05) is 82.9 Å². The van der Waals surface area contributed by atoms with Crippen LogP contribution in [0.3, 0.4) is 0 Å². The van der Waals surface area contributed by atoms with Crippen LogP contribution in [0, 0.1) is 0 Å². The summed E-state index contributed by atoms with van der Waals surface area (Å²) in [5.74, 6) is 2.13. The summed E-state index contributed by atoms with van der Waals surface area (Å²) in [5.41, 5.74) is 3.47. The van der Waals surface area contributed by atoms with Crippen molar-refractivity contribution in [1.82, 2.24) is 0 Å². The zero-order valence-electron chi connectivity index (χ0n) is 19.5. The minimum absolute atomic E-state index is 0.580. The van der Waals surface area contributed by atoms with E-state index in [2.05, 4.69) is 49.3 Å². The van der Waals surface area contributed by atoms with Gasteiger partial charge in [0.1, 0.15) is 11.5 Å². The second-order valence-electron chi connectivity index (χ2n) is 6.88. The standard InChI is InChI=1S/C13H17NS.C12H16O.C2H6/c1-10(15)14-13-8-6-12(7-9-13)11-4-2-3-5-11;1-6-8-9-11(5)13-12(7-2)10(3)4;1-2/h6-9,11H,2-5H2,1H3,(H,14,15);6-9H,1,3,5H2,2,4H3;1-2H3/b;9-8-,12-7+;. The fourth-order valence-electron chi connectivity index (χ4n) is 3.04. The van der Waals surface area contributed by atoms with Crippen molar-refractivity contribution in [2.75, 3.05) is 5.32 Å². The molecule has 1 aromatic carbocycles. The summed E-state index contributed by atoms with van der Waals surface area (Å²) in [7, 11) is 0. The van der Waals surface area contributed by atoms with Gasteiger partial charge in [0.25, 0.3) is 0 Å². The van der Waals surface area contributed by atoms with Gasteiger partial charge in [0.05, 0.1) is 4.99 Å². The first-order valence-electron chi connectivity index (χ1n) is 10.7. The predicted octanol–water partition coefficient (Wildman–Crippen LogP) is 8.87. The third-order valence-electron chi connectivity index (χ3n) is 4.40. The SMILES string of the molecule is C=C/C=C\C(=C)O/C(=C/C)C(=C)C.CC.CC(=S)Nc1ccc(C2CCCC2)cc1. The summed E-state index contributed by atoms with van der Waals surface area (Å²) in [6, 6.07) is 8.72. The van der Waals surface area contributed by atoms with Gasteiger partial charge >= 0.3 is 0 Å². The fourth-order valence-corrected chi connectivity index (χ4v) is 3.16. The van der Waals surface area contributed by atoms with Gasteiger partial charge in [-0.05, 0) is 75.0 Å². The Morgan fingerprint density at radius 3 is 2.10 bits per heavy atom. The summed E-state index contributed by atoms with van der Waals surface area (Å²) >= 11 is 5.01. The molecule has 0 amide bonds. The number of thiocarbonyl (C=S) groups is 1. The molecule has 0 aromatic heterocycles. The van der Waals surface area contributed by atoms with Crippen molar-refractivity contribution in [2.45, 2.75) is 66.2 Å². The molecule has 1 fully saturated rings. The number of allylic oxidation sites excluding steroid dienone is 5. The lowest BCUT2D eigenvalue weighted by molar-refractivity contribution is 0.331. The number of hydrogen-bond donors (Lipinski definition) is 1. The van der Waals surface area contributed by atoms with Gasteiger partial charge in [-0.15, -0.1) is 0 Å². The molecule has 0 unspecified atom stereocenters. The maximum absolute atomic E-state index is 5.40. The van der Waals surface area contributed by atoms with Gasteiger partial charge in [0.15, 0.2) is 0 Å². The Balaban J connectivity index is 0.000000524. The molecular weight excluding hydrogens is 386 g/mol. The zero-order valence-corrected chi connectivity index (χ0v) is 20.3. The third kappa shape index (κ3) is 11.6. The van der Waals surface area contributed by atoms with Crippen LogP contribution in [0.4, 0.5) is 5.69 Å². The van der Waals surface area contributed by atoms with E-state index in [4.69, 9.17) is 17.0 Å². The maximum atomic E-state index is 5.40. The number of nitrogens with one attached hydrogen (secondary N) is 1. The van der Waals surface area contributed by atoms with Crippen molar-refractivity contribution >= 4 is 22.9 Å². The molecule has 2 nitrogen and oxygen atoms in total. The molecule has 3 heteroatoms. The molecule has 0 bridgehead atoms. The van der Waals surface area contributed by atoms with Crippen LogP contribution < -0.4 is 5.32 Å². The Labute approximate surface area is 190 Å². The van der Waals surface area contributed by atoms with Crippen LogP contribution in [0.5, 0.6) is 0 Å². The molecule has 1 saturated carbocycles. The van der Waals surface area contributed by atoms with Gasteiger partial charge < -0.3 is 10.1 Å². The van der Waals surface area contributed by atoms with Gasteiger partial charge in [0, 0.05) is 5.69 Å². The molecule has 164 valence electrons. The van der Waals surface area contributed by atoms with Gasteiger partial charge in [0.2, 0.25) is 0 Å². The van der Waals surface area contributed by atoms with Crippen LogP contribution in [-0.4, -0.2) is 4.99 Å². The second-order valence-corrected chi connectivity index (χ2v) is 7.49. The topological polar surface area (TPSA) is 21.3 Å². The number of rotatable bonds is 7. The molecule has 1 N–H and O–H groups in total. The summed E-state index contributed by atoms with van der Waals surface area (Å²) in [5, 5.41) is 3.15. The first-order chi connectivity index (χ1) is 14.4. The minimum Gasteiger partial charge on any atom is -0.458 e. The van der Waals surface area contributed by atoms with Gasteiger partial charge in [-0.25, -0.2) is 0 Å². The van der Waals surface area contributed by atoms with E-state index in [1.165, 1.54) is 31.2 Å². The van der Waals surface area contributed by atoms with Crippen LogP contribution in [0.15, 0.2) is 85.4 Å². The molecule has 30 heavy (non-hydrogen) atoms. The molecule has 2 rings (SSSR count). The van der Waals surface area contributed by atoms with Crippen molar-refractivity contribution in [3.63, 3.8) is 0 Å². The molecule has 0 atom stereocenters. The average molecular weight is 426 g/mol. The first-order valence-corrected chi connectivity index (χ1v) is 11.1. The van der Waals surface area contributed by atoms with Crippen LogP contribution in [0.1, 0.15) is 71.8 Å². The van der Waals surface area contributed by atoms with E-state index in [-0.39, 0.29) is 0 Å². The van der Waals surface area contributed by atoms with E-state index in [0.717, 1.165) is 27.9 Å². The normalized spacial score (nSPS) is 13.4. The highest BCUT2D eigenvalue weighted by atomic mass is 32.1. The lowest BCUT2D eigenvalue weighted by Crippen LogP contribution is -2.03. The Kier molecular flexibility index (Phi) is 15.1. The molecule has 1 aromatic rings. The van der Waals surface area contributed by atoms with Crippen molar-refractivity contribution in [2.24, 2.45) is 0 Å². The van der Waals surface area contributed by atoms with Crippen LogP contribution >= 0.6 is 12.2 Å². The largest absolute Gasteiger partial charge is 0.458 e. The maximum Gasteiger partial charge on any atom is 0.125 e. The van der Waals surface area contributed by atoms with Gasteiger partial charge in [-0.3, -0.25) is 0 Å². The monoisotopic (exact) mass is 425 g/mol. The number of hydrogen-bond acceptors (Lipinski definition) is 2. The summed E-state index contributed by atoms with van der Waals surface area (Å²) in [4.78, 5) is 0.823. The van der Waals surface area contributed by atoms with E-state index in [0.29, 0.717) is 5.76 Å². The van der Waals surface area contributed by atoms with E-state index in [1.807, 2.05) is 40.7 Å². The summed E-state index contributed by atoms with van der Waals surface area (Å²) in [6.45, 7) is 20.7. The molecule has 0 heterocycles. The highest BCUT2D eigenvalue weighted by Crippen LogP contribution is 2.34. The Morgan fingerprint density at radius 2 is 1.67 bits per heavy atom. The number of benzene rings is 1.